The second-order valence-corrected chi connectivity index (χ2v) is 6.58. The average Bonchev–Trinajstić information content (AvgIpc) is 2.35. The van der Waals surface area contributed by atoms with E-state index in [4.69, 9.17) is 0 Å². The molecule has 0 bridgehead atoms. The summed E-state index contributed by atoms with van der Waals surface area (Å²) in [6.45, 7) is 5.25. The van der Waals surface area contributed by atoms with E-state index < -0.39 is 34.1 Å². The molecule has 0 spiro atoms. The quantitative estimate of drug-likeness (QED) is 0.752. The molecule has 0 radical (unpaired) electrons. The van der Waals surface area contributed by atoms with Crippen molar-refractivity contribution in [3.63, 3.8) is 0 Å². The fourth-order valence-corrected chi connectivity index (χ4v) is 2.49. The summed E-state index contributed by atoms with van der Waals surface area (Å²) in [6, 6.07) is -0.718. The minimum absolute atomic E-state index is 0.0583. The van der Waals surface area contributed by atoms with Gasteiger partial charge in [0.2, 0.25) is 11.8 Å². The molecule has 1 fully saturated rings. The summed E-state index contributed by atoms with van der Waals surface area (Å²) >= 11 is 0. The standard InChI is InChI=1S/C12H20N2O4S/c1-5-12(6-2)9(15)13-11(17)14(10(12)16)7-8(3)19(4)18/h8H,5-7H2,1-4H3,(H,13,15,17). The van der Waals surface area contributed by atoms with E-state index in [9.17, 15) is 18.6 Å². The average molecular weight is 288 g/mol. The molecule has 1 aliphatic rings. The molecule has 4 amide bonds. The van der Waals surface area contributed by atoms with Gasteiger partial charge in [-0.15, -0.1) is 0 Å². The first-order valence-electron chi connectivity index (χ1n) is 6.29. The molecule has 0 aromatic heterocycles. The Balaban J connectivity index is 3.05. The van der Waals surface area contributed by atoms with Gasteiger partial charge in [-0.25, -0.2) is 4.79 Å². The van der Waals surface area contributed by atoms with Crippen LogP contribution in [0.1, 0.15) is 33.6 Å². The van der Waals surface area contributed by atoms with Crippen molar-refractivity contribution in [3.05, 3.63) is 0 Å². The second-order valence-electron chi connectivity index (χ2n) is 4.77. The van der Waals surface area contributed by atoms with Crippen LogP contribution in [-0.4, -0.2) is 45.0 Å². The molecule has 1 heterocycles. The molecule has 108 valence electrons. The van der Waals surface area contributed by atoms with E-state index >= 15 is 0 Å². The lowest BCUT2D eigenvalue weighted by Gasteiger charge is -2.38. The largest absolute Gasteiger partial charge is 0.330 e. The number of carbonyl (C=O) groups excluding carboxylic acids is 3. The van der Waals surface area contributed by atoms with Crippen LogP contribution in [0.5, 0.6) is 0 Å². The van der Waals surface area contributed by atoms with Gasteiger partial charge < -0.3 is 0 Å². The lowest BCUT2D eigenvalue weighted by molar-refractivity contribution is -0.152. The molecule has 0 aromatic rings. The van der Waals surface area contributed by atoms with Crippen LogP contribution in [-0.2, 0) is 20.4 Å². The molecular weight excluding hydrogens is 268 g/mol. The van der Waals surface area contributed by atoms with Crippen molar-refractivity contribution in [2.24, 2.45) is 5.41 Å². The number of carbonyl (C=O) groups is 3. The monoisotopic (exact) mass is 288 g/mol. The van der Waals surface area contributed by atoms with Crippen LogP contribution in [0.15, 0.2) is 0 Å². The zero-order valence-electron chi connectivity index (χ0n) is 11.7. The zero-order chi connectivity index (χ0) is 14.8. The molecule has 19 heavy (non-hydrogen) atoms. The van der Waals surface area contributed by atoms with Crippen molar-refractivity contribution in [2.75, 3.05) is 12.8 Å². The number of nitrogens with zero attached hydrogens (tertiary/aromatic N) is 1. The number of urea groups is 1. The molecule has 1 aliphatic heterocycles. The Kier molecular flexibility index (Phi) is 4.84. The number of imide groups is 2. The summed E-state index contributed by atoms with van der Waals surface area (Å²) in [7, 11) is -1.14. The van der Waals surface area contributed by atoms with E-state index in [2.05, 4.69) is 5.32 Å². The van der Waals surface area contributed by atoms with Gasteiger partial charge in [-0.2, -0.15) is 0 Å². The fourth-order valence-electron chi connectivity index (χ4n) is 2.13. The predicted octanol–water partition coefficient (Wildman–Crippen LogP) is 0.638. The van der Waals surface area contributed by atoms with Gasteiger partial charge in [-0.3, -0.25) is 24.0 Å². The number of nitrogens with one attached hydrogen (secondary N) is 1. The van der Waals surface area contributed by atoms with Gasteiger partial charge in [-0.1, -0.05) is 13.8 Å². The summed E-state index contributed by atoms with van der Waals surface area (Å²) in [6.07, 6.45) is 2.19. The van der Waals surface area contributed by atoms with E-state index in [1.54, 1.807) is 20.8 Å². The minimum Gasteiger partial charge on any atom is -0.277 e. The van der Waals surface area contributed by atoms with Gasteiger partial charge in [-0.05, 0) is 19.8 Å². The fraction of sp³-hybridized carbons (Fsp3) is 0.750. The highest BCUT2D eigenvalue weighted by Gasteiger charge is 2.51. The summed E-state index contributed by atoms with van der Waals surface area (Å²) in [5.41, 5.74) is -1.18. The van der Waals surface area contributed by atoms with Gasteiger partial charge in [0.05, 0.1) is 0 Å². The van der Waals surface area contributed by atoms with Crippen LogP contribution in [0.2, 0.25) is 0 Å². The lowest BCUT2D eigenvalue weighted by Crippen LogP contribution is -2.64. The van der Waals surface area contributed by atoms with E-state index in [1.807, 2.05) is 0 Å². The first-order valence-corrected chi connectivity index (χ1v) is 7.91. The van der Waals surface area contributed by atoms with Crippen LogP contribution in [0.25, 0.3) is 0 Å². The first kappa shape index (κ1) is 15.8. The van der Waals surface area contributed by atoms with Crippen molar-refractivity contribution in [1.82, 2.24) is 10.2 Å². The van der Waals surface area contributed by atoms with Crippen molar-refractivity contribution >= 4 is 28.6 Å². The molecule has 2 unspecified atom stereocenters. The first-order chi connectivity index (χ1) is 8.80. The van der Waals surface area contributed by atoms with Crippen LogP contribution in [0.4, 0.5) is 4.79 Å². The number of barbiturate groups is 1. The summed E-state index contributed by atoms with van der Waals surface area (Å²) in [5, 5.41) is 1.90. The highest BCUT2D eigenvalue weighted by molar-refractivity contribution is 7.84. The normalized spacial score (nSPS) is 22.1. The predicted molar refractivity (Wildman–Crippen MR) is 71.8 cm³/mol. The molecule has 7 heteroatoms. The van der Waals surface area contributed by atoms with Gasteiger partial charge in [0.15, 0.2) is 0 Å². The number of hydrogen-bond donors (Lipinski definition) is 1. The van der Waals surface area contributed by atoms with Crippen molar-refractivity contribution in [3.8, 4) is 0 Å². The molecule has 6 nitrogen and oxygen atoms in total. The molecule has 0 aromatic carbocycles. The Hall–Kier alpha value is -1.24. The third kappa shape index (κ3) is 2.70. The van der Waals surface area contributed by atoms with E-state index in [0.717, 1.165) is 4.90 Å². The second kappa shape index (κ2) is 5.81. The summed E-state index contributed by atoms with van der Waals surface area (Å²) < 4.78 is 11.4. The van der Waals surface area contributed by atoms with Crippen molar-refractivity contribution < 1.29 is 18.6 Å². The summed E-state index contributed by atoms with van der Waals surface area (Å²) in [4.78, 5) is 37.1. The van der Waals surface area contributed by atoms with Gasteiger partial charge in [0.25, 0.3) is 0 Å². The maximum atomic E-state index is 12.4. The lowest BCUT2D eigenvalue weighted by atomic mass is 9.78. The topological polar surface area (TPSA) is 83.6 Å². The SMILES string of the molecule is CCC1(CC)C(=O)NC(=O)N(CC(C)S(C)=O)C1=O. The van der Waals surface area contributed by atoms with Crippen LogP contribution >= 0.6 is 0 Å². The van der Waals surface area contributed by atoms with E-state index in [1.165, 1.54) is 6.26 Å². The molecule has 0 aliphatic carbocycles. The number of amides is 4. The smallest absolute Gasteiger partial charge is 0.277 e. The van der Waals surface area contributed by atoms with Crippen molar-refractivity contribution in [2.45, 2.75) is 38.9 Å². The number of hydrogen-bond acceptors (Lipinski definition) is 4. The Morgan fingerprint density at radius 1 is 1.26 bits per heavy atom. The molecule has 1 rings (SSSR count). The van der Waals surface area contributed by atoms with Crippen LogP contribution < -0.4 is 5.32 Å². The van der Waals surface area contributed by atoms with Crippen LogP contribution in [0, 0.1) is 5.41 Å². The Morgan fingerprint density at radius 2 is 1.79 bits per heavy atom. The third-order valence-corrected chi connectivity index (χ3v) is 5.05. The maximum absolute atomic E-state index is 12.4. The van der Waals surface area contributed by atoms with Gasteiger partial charge in [0, 0.05) is 28.9 Å². The molecule has 2 atom stereocenters. The highest BCUT2D eigenvalue weighted by atomic mass is 32.2. The number of rotatable bonds is 5. The molecule has 1 saturated heterocycles. The Morgan fingerprint density at radius 3 is 2.21 bits per heavy atom. The summed E-state index contributed by atoms with van der Waals surface area (Å²) in [5.74, 6) is -1.02. The highest BCUT2D eigenvalue weighted by Crippen LogP contribution is 2.32. The third-order valence-electron chi connectivity index (χ3n) is 3.77. The molecule has 1 N–H and O–H groups in total. The molecule has 0 saturated carbocycles. The maximum Gasteiger partial charge on any atom is 0.330 e. The minimum atomic E-state index is -1.18. The van der Waals surface area contributed by atoms with Gasteiger partial charge in [0.1, 0.15) is 5.41 Å². The van der Waals surface area contributed by atoms with Crippen molar-refractivity contribution in [1.29, 1.82) is 0 Å². The Labute approximate surface area is 115 Å². The van der Waals surface area contributed by atoms with E-state index in [-0.39, 0.29) is 11.8 Å². The van der Waals surface area contributed by atoms with Crippen LogP contribution in [0.3, 0.4) is 0 Å². The van der Waals surface area contributed by atoms with Gasteiger partial charge >= 0.3 is 6.03 Å². The zero-order valence-corrected chi connectivity index (χ0v) is 12.5. The molecular formula is C12H20N2O4S. The van der Waals surface area contributed by atoms with E-state index in [0.29, 0.717) is 12.8 Å². The Bertz CT molecular complexity index is 431.